The van der Waals surface area contributed by atoms with Crippen molar-refractivity contribution in [3.8, 4) is 0 Å². The molecular formula is C11H20IN5O. The Labute approximate surface area is 124 Å². The first-order valence-corrected chi connectivity index (χ1v) is 6.04. The minimum atomic E-state index is 0. The van der Waals surface area contributed by atoms with Gasteiger partial charge in [0, 0.05) is 13.1 Å². The third-order valence-corrected chi connectivity index (χ3v) is 2.90. The summed E-state index contributed by atoms with van der Waals surface area (Å²) in [6.45, 7) is 2.31. The van der Waals surface area contributed by atoms with Crippen LogP contribution in [-0.2, 0) is 6.54 Å². The summed E-state index contributed by atoms with van der Waals surface area (Å²) in [6, 6.07) is 0.547. The molecule has 1 aromatic heterocycles. The zero-order valence-corrected chi connectivity index (χ0v) is 13.1. The van der Waals surface area contributed by atoms with Gasteiger partial charge < -0.3 is 15.2 Å². The van der Waals surface area contributed by atoms with Crippen molar-refractivity contribution in [2.75, 3.05) is 7.05 Å². The number of guanidine groups is 1. The molecule has 0 unspecified atom stereocenters. The number of hydrogen-bond donors (Lipinski definition) is 2. The zero-order valence-electron chi connectivity index (χ0n) is 10.8. The van der Waals surface area contributed by atoms with Crippen LogP contribution in [0.1, 0.15) is 37.4 Å². The minimum Gasteiger partial charge on any atom is -0.354 e. The van der Waals surface area contributed by atoms with E-state index in [1.165, 1.54) is 25.7 Å². The molecule has 0 atom stereocenters. The van der Waals surface area contributed by atoms with Gasteiger partial charge in [-0.05, 0) is 19.8 Å². The van der Waals surface area contributed by atoms with E-state index in [4.69, 9.17) is 4.52 Å². The van der Waals surface area contributed by atoms with Crippen LogP contribution in [0.15, 0.2) is 9.52 Å². The van der Waals surface area contributed by atoms with Crippen molar-refractivity contribution in [1.29, 1.82) is 0 Å². The Bertz CT molecular complexity index is 387. The van der Waals surface area contributed by atoms with E-state index in [0.29, 0.717) is 24.3 Å². The quantitative estimate of drug-likeness (QED) is 0.484. The average Bonchev–Trinajstić information content (AvgIpc) is 2.96. The summed E-state index contributed by atoms with van der Waals surface area (Å²) in [7, 11) is 1.77. The van der Waals surface area contributed by atoms with E-state index in [2.05, 4.69) is 25.8 Å². The molecule has 2 rings (SSSR count). The van der Waals surface area contributed by atoms with E-state index >= 15 is 0 Å². The van der Waals surface area contributed by atoms with Crippen molar-refractivity contribution >= 4 is 29.9 Å². The molecule has 1 aliphatic carbocycles. The number of hydrogen-bond acceptors (Lipinski definition) is 4. The molecule has 0 aliphatic heterocycles. The first-order valence-electron chi connectivity index (χ1n) is 6.04. The maximum absolute atomic E-state index is 5.02. The van der Waals surface area contributed by atoms with Gasteiger partial charge in [0.15, 0.2) is 11.8 Å². The standard InChI is InChI=1S/C11H19N5O.HI/c1-8-14-10(17-16-8)7-13-11(12-2)15-9-5-3-4-6-9;/h9H,3-7H2,1-2H3,(H2,12,13,15);1H. The largest absolute Gasteiger partial charge is 0.354 e. The fraction of sp³-hybridized carbons (Fsp3) is 0.727. The Balaban J connectivity index is 0.00000162. The number of aromatic nitrogens is 2. The Morgan fingerprint density at radius 2 is 2.17 bits per heavy atom. The molecule has 0 aromatic carbocycles. The topological polar surface area (TPSA) is 75.3 Å². The highest BCUT2D eigenvalue weighted by molar-refractivity contribution is 14.0. The van der Waals surface area contributed by atoms with Crippen LogP contribution in [0.5, 0.6) is 0 Å². The van der Waals surface area contributed by atoms with Crippen LogP contribution in [0.3, 0.4) is 0 Å². The van der Waals surface area contributed by atoms with Crippen LogP contribution in [0.2, 0.25) is 0 Å². The third-order valence-electron chi connectivity index (χ3n) is 2.90. The van der Waals surface area contributed by atoms with Crippen LogP contribution >= 0.6 is 24.0 Å². The average molecular weight is 365 g/mol. The van der Waals surface area contributed by atoms with Crippen LogP contribution in [-0.4, -0.2) is 29.2 Å². The molecule has 18 heavy (non-hydrogen) atoms. The zero-order chi connectivity index (χ0) is 12.1. The summed E-state index contributed by atoms with van der Waals surface area (Å²) < 4.78 is 5.02. The first-order chi connectivity index (χ1) is 8.28. The van der Waals surface area contributed by atoms with Gasteiger partial charge in [-0.3, -0.25) is 4.99 Å². The minimum absolute atomic E-state index is 0. The van der Waals surface area contributed by atoms with Crippen LogP contribution in [0, 0.1) is 6.92 Å². The van der Waals surface area contributed by atoms with Gasteiger partial charge in [0.05, 0.1) is 6.54 Å². The predicted molar refractivity (Wildman–Crippen MR) is 80.0 cm³/mol. The molecule has 7 heteroatoms. The van der Waals surface area contributed by atoms with Crippen molar-refractivity contribution in [3.05, 3.63) is 11.7 Å². The highest BCUT2D eigenvalue weighted by atomic mass is 127. The summed E-state index contributed by atoms with van der Waals surface area (Å²) in [6.07, 6.45) is 5.05. The van der Waals surface area contributed by atoms with Gasteiger partial charge in [-0.15, -0.1) is 24.0 Å². The number of nitrogens with one attached hydrogen (secondary N) is 2. The SMILES string of the molecule is CN=C(NCc1nc(C)no1)NC1CCCC1.I. The number of halogens is 1. The van der Waals surface area contributed by atoms with Gasteiger partial charge in [0.1, 0.15) is 0 Å². The van der Waals surface area contributed by atoms with E-state index in [0.717, 1.165) is 5.96 Å². The van der Waals surface area contributed by atoms with Crippen molar-refractivity contribution in [2.45, 2.75) is 45.2 Å². The molecule has 1 fully saturated rings. The van der Waals surface area contributed by atoms with E-state index in [-0.39, 0.29) is 24.0 Å². The normalized spacial score (nSPS) is 16.4. The smallest absolute Gasteiger partial charge is 0.246 e. The molecule has 1 aliphatic rings. The summed E-state index contributed by atoms with van der Waals surface area (Å²) in [5, 5.41) is 10.3. The molecule has 0 amide bonds. The van der Waals surface area contributed by atoms with Crippen LogP contribution in [0.4, 0.5) is 0 Å². The molecule has 0 saturated heterocycles. The van der Waals surface area contributed by atoms with Crippen LogP contribution < -0.4 is 10.6 Å². The predicted octanol–water partition coefficient (Wildman–Crippen LogP) is 1.60. The monoisotopic (exact) mass is 365 g/mol. The molecule has 6 nitrogen and oxygen atoms in total. The maximum atomic E-state index is 5.02. The van der Waals surface area contributed by atoms with Gasteiger partial charge in [-0.2, -0.15) is 4.98 Å². The molecule has 1 aromatic rings. The van der Waals surface area contributed by atoms with Crippen molar-refractivity contribution in [1.82, 2.24) is 20.8 Å². The molecule has 1 heterocycles. The number of nitrogens with zero attached hydrogens (tertiary/aromatic N) is 3. The lowest BCUT2D eigenvalue weighted by atomic mass is 10.2. The Morgan fingerprint density at radius 1 is 1.44 bits per heavy atom. The second-order valence-electron chi connectivity index (χ2n) is 4.29. The Hall–Kier alpha value is -0.860. The fourth-order valence-corrected chi connectivity index (χ4v) is 2.03. The Kier molecular flexibility index (Phi) is 6.37. The van der Waals surface area contributed by atoms with E-state index < -0.39 is 0 Å². The molecular weight excluding hydrogens is 345 g/mol. The lowest BCUT2D eigenvalue weighted by molar-refractivity contribution is 0.371. The van der Waals surface area contributed by atoms with E-state index in [1.807, 2.05) is 0 Å². The van der Waals surface area contributed by atoms with E-state index in [1.54, 1.807) is 14.0 Å². The summed E-state index contributed by atoms with van der Waals surface area (Å²) in [5.41, 5.74) is 0. The third kappa shape index (κ3) is 4.43. The summed E-state index contributed by atoms with van der Waals surface area (Å²) in [4.78, 5) is 8.30. The molecule has 0 bridgehead atoms. The summed E-state index contributed by atoms with van der Waals surface area (Å²) in [5.74, 6) is 2.03. The van der Waals surface area contributed by atoms with Gasteiger partial charge in [-0.25, -0.2) is 0 Å². The highest BCUT2D eigenvalue weighted by Crippen LogP contribution is 2.17. The second-order valence-corrected chi connectivity index (χ2v) is 4.29. The fourth-order valence-electron chi connectivity index (χ4n) is 2.03. The lowest BCUT2D eigenvalue weighted by Gasteiger charge is -2.15. The van der Waals surface area contributed by atoms with Crippen molar-refractivity contribution in [3.63, 3.8) is 0 Å². The molecule has 2 N–H and O–H groups in total. The van der Waals surface area contributed by atoms with Crippen molar-refractivity contribution < 1.29 is 4.52 Å². The maximum Gasteiger partial charge on any atom is 0.246 e. The second kappa shape index (κ2) is 7.55. The lowest BCUT2D eigenvalue weighted by Crippen LogP contribution is -2.41. The number of rotatable bonds is 3. The Morgan fingerprint density at radius 3 is 2.72 bits per heavy atom. The van der Waals surface area contributed by atoms with Crippen molar-refractivity contribution in [2.24, 2.45) is 4.99 Å². The molecule has 1 saturated carbocycles. The number of aryl methyl sites for hydroxylation is 1. The van der Waals surface area contributed by atoms with Gasteiger partial charge in [0.2, 0.25) is 5.89 Å². The number of aliphatic imine (C=N–C) groups is 1. The highest BCUT2D eigenvalue weighted by Gasteiger charge is 2.16. The molecule has 0 spiro atoms. The first kappa shape index (κ1) is 15.2. The molecule has 0 radical (unpaired) electrons. The van der Waals surface area contributed by atoms with Gasteiger partial charge >= 0.3 is 0 Å². The van der Waals surface area contributed by atoms with E-state index in [9.17, 15) is 0 Å². The van der Waals surface area contributed by atoms with Gasteiger partial charge in [-0.1, -0.05) is 18.0 Å². The van der Waals surface area contributed by atoms with Crippen LogP contribution in [0.25, 0.3) is 0 Å². The molecule has 102 valence electrons. The van der Waals surface area contributed by atoms with Gasteiger partial charge in [0.25, 0.3) is 0 Å². The summed E-state index contributed by atoms with van der Waals surface area (Å²) >= 11 is 0.